The van der Waals surface area contributed by atoms with Gasteiger partial charge in [0.2, 0.25) is 0 Å². The first kappa shape index (κ1) is 24.0. The molecule has 12 heteroatoms. The molecule has 0 unspecified atom stereocenters. The fourth-order valence-corrected chi connectivity index (χ4v) is 4.54. The molecule has 0 bridgehead atoms. The van der Waals surface area contributed by atoms with Gasteiger partial charge in [-0.15, -0.1) is 13.2 Å². The molecule has 9 nitrogen and oxygen atoms in total. The zero-order valence-electron chi connectivity index (χ0n) is 18.7. The first-order valence-electron chi connectivity index (χ1n) is 11.2. The van der Waals surface area contributed by atoms with Crippen LogP contribution in [-0.2, 0) is 6.54 Å². The maximum absolute atomic E-state index is 13.1. The van der Waals surface area contributed by atoms with E-state index in [0.29, 0.717) is 36.1 Å². The third-order valence-corrected chi connectivity index (χ3v) is 6.15. The van der Waals surface area contributed by atoms with Crippen LogP contribution in [0, 0.1) is 5.92 Å². The second-order valence-corrected chi connectivity index (χ2v) is 8.79. The van der Waals surface area contributed by atoms with E-state index >= 15 is 0 Å². The van der Waals surface area contributed by atoms with Crippen molar-refractivity contribution in [2.24, 2.45) is 5.92 Å². The number of fused-ring (bicyclic) bond motifs is 1. The van der Waals surface area contributed by atoms with Crippen molar-refractivity contribution in [2.75, 3.05) is 26.7 Å². The van der Waals surface area contributed by atoms with Gasteiger partial charge in [0.15, 0.2) is 0 Å². The highest BCUT2D eigenvalue weighted by Crippen LogP contribution is 2.33. The number of aliphatic hydroxyl groups excluding tert-OH is 1. The fourth-order valence-electron chi connectivity index (χ4n) is 4.54. The number of carbonyl (C=O) groups is 2. The van der Waals surface area contributed by atoms with Crippen molar-refractivity contribution in [1.82, 2.24) is 25.4 Å². The molecule has 1 aromatic carbocycles. The van der Waals surface area contributed by atoms with Crippen LogP contribution in [0.4, 0.5) is 22.8 Å². The number of aliphatic hydroxyl groups is 1. The van der Waals surface area contributed by atoms with Crippen LogP contribution in [0.5, 0.6) is 5.75 Å². The maximum atomic E-state index is 13.1. The molecule has 34 heavy (non-hydrogen) atoms. The topological polar surface area (TPSA) is 110 Å². The summed E-state index contributed by atoms with van der Waals surface area (Å²) < 4.78 is 41.4. The van der Waals surface area contributed by atoms with Crippen LogP contribution in [-0.4, -0.2) is 77.1 Å². The zero-order valence-corrected chi connectivity index (χ0v) is 18.7. The van der Waals surface area contributed by atoms with E-state index in [1.807, 2.05) is 0 Å². The van der Waals surface area contributed by atoms with Crippen LogP contribution in [0.2, 0.25) is 0 Å². The Hall–Kier alpha value is -3.15. The minimum atomic E-state index is -4.77. The molecular formula is C22H28F3N5O4. The van der Waals surface area contributed by atoms with Gasteiger partial charge in [0.05, 0.1) is 12.6 Å². The number of benzene rings is 1. The minimum Gasteiger partial charge on any atom is -0.406 e. The summed E-state index contributed by atoms with van der Waals surface area (Å²) in [6.45, 7) is 0.900. The van der Waals surface area contributed by atoms with Gasteiger partial charge in [-0.2, -0.15) is 0 Å². The van der Waals surface area contributed by atoms with Crippen LogP contribution in [0.15, 0.2) is 24.3 Å². The van der Waals surface area contributed by atoms with Crippen molar-refractivity contribution in [1.29, 1.82) is 0 Å². The number of urea groups is 2. The number of likely N-dealkylation sites (tertiary alicyclic amines) is 1. The molecule has 1 aliphatic heterocycles. The minimum absolute atomic E-state index is 0.0702. The molecule has 0 spiro atoms. The number of halogens is 3. The molecule has 1 saturated heterocycles. The Kier molecular flexibility index (Phi) is 6.78. The predicted molar refractivity (Wildman–Crippen MR) is 117 cm³/mol. The van der Waals surface area contributed by atoms with E-state index in [2.05, 4.69) is 20.4 Å². The van der Waals surface area contributed by atoms with Gasteiger partial charge in [-0.3, -0.25) is 0 Å². The van der Waals surface area contributed by atoms with E-state index in [0.717, 1.165) is 12.8 Å². The molecule has 2 heterocycles. The average Bonchev–Trinajstić information content (AvgIpc) is 3.54. The number of rotatable bonds is 6. The lowest BCUT2D eigenvalue weighted by Crippen LogP contribution is -2.58. The molecule has 1 aromatic heterocycles. The monoisotopic (exact) mass is 483 g/mol. The van der Waals surface area contributed by atoms with Gasteiger partial charge in [-0.05, 0) is 43.5 Å². The van der Waals surface area contributed by atoms with E-state index in [1.54, 1.807) is 22.9 Å². The number of hydrogen-bond acceptors (Lipinski definition) is 4. The van der Waals surface area contributed by atoms with Crippen molar-refractivity contribution in [3.05, 3.63) is 30.0 Å². The summed E-state index contributed by atoms with van der Waals surface area (Å²) in [4.78, 5) is 31.8. The molecule has 186 valence electrons. The summed E-state index contributed by atoms with van der Waals surface area (Å²) in [5.74, 6) is -0.433. The van der Waals surface area contributed by atoms with Gasteiger partial charge in [-0.1, -0.05) is 0 Å². The summed E-state index contributed by atoms with van der Waals surface area (Å²) in [5.41, 5.74) is 1.25. The number of ether oxygens (including phenoxy) is 1. The van der Waals surface area contributed by atoms with Crippen molar-refractivity contribution in [3.63, 3.8) is 0 Å². The number of aromatic nitrogens is 1. The van der Waals surface area contributed by atoms with Crippen molar-refractivity contribution < 1.29 is 32.6 Å². The first-order chi connectivity index (χ1) is 16.2. The standard InChI is InChI=1S/C22H28F3N5O4/c1-26-20(32)29-10-13(12-31)6-17(11-29)30(16-2-3-16)21(33)27-9-15-7-14-8-18(34-22(23,24)25)4-5-19(14)28-15/h4-5,7-8,13,16-17,28,31H,2-3,6,9-12H2,1H3,(H,26,32)(H,27,33)/t13-,17+/m0/s1. The van der Waals surface area contributed by atoms with Gasteiger partial charge in [0.1, 0.15) is 5.75 Å². The van der Waals surface area contributed by atoms with E-state index in [4.69, 9.17) is 0 Å². The highest BCUT2D eigenvalue weighted by Gasteiger charge is 2.41. The van der Waals surface area contributed by atoms with Crippen molar-refractivity contribution in [2.45, 2.75) is 44.3 Å². The third-order valence-electron chi connectivity index (χ3n) is 6.15. The molecule has 2 fully saturated rings. The smallest absolute Gasteiger partial charge is 0.406 e. The number of H-pyrrole nitrogens is 1. The number of nitrogens with one attached hydrogen (secondary N) is 3. The van der Waals surface area contributed by atoms with Crippen LogP contribution in [0.25, 0.3) is 10.9 Å². The molecule has 4 amide bonds. The van der Waals surface area contributed by atoms with E-state index in [-0.39, 0.29) is 49.0 Å². The number of aromatic amines is 1. The van der Waals surface area contributed by atoms with Crippen LogP contribution in [0.3, 0.4) is 0 Å². The van der Waals surface area contributed by atoms with Crippen LogP contribution >= 0.6 is 0 Å². The van der Waals surface area contributed by atoms with Gasteiger partial charge >= 0.3 is 18.4 Å². The Morgan fingerprint density at radius 1 is 1.24 bits per heavy atom. The van der Waals surface area contributed by atoms with Crippen molar-refractivity contribution in [3.8, 4) is 5.75 Å². The lowest BCUT2D eigenvalue weighted by atomic mass is 9.94. The second-order valence-electron chi connectivity index (χ2n) is 8.79. The number of carbonyl (C=O) groups excluding carboxylic acids is 2. The SMILES string of the molecule is CNC(=O)N1C[C@@H](CO)C[C@@H](N(C(=O)NCc2cc3cc(OC(F)(F)F)ccc3[nH]2)C2CC2)C1. The number of nitrogens with zero attached hydrogens (tertiary/aromatic N) is 2. The van der Waals surface area contributed by atoms with Crippen LogP contribution in [0.1, 0.15) is 25.0 Å². The molecule has 2 atom stereocenters. The summed E-state index contributed by atoms with van der Waals surface area (Å²) >= 11 is 0. The summed E-state index contributed by atoms with van der Waals surface area (Å²) in [6.07, 6.45) is -2.42. The first-order valence-corrected chi connectivity index (χ1v) is 11.2. The fraction of sp³-hybridized carbons (Fsp3) is 0.545. The quantitative estimate of drug-likeness (QED) is 0.507. The normalized spacial score (nSPS) is 20.8. The Labute approximate surface area is 194 Å². The molecule has 4 N–H and O–H groups in total. The third kappa shape index (κ3) is 5.66. The van der Waals surface area contributed by atoms with Crippen molar-refractivity contribution >= 4 is 23.0 Å². The summed E-state index contributed by atoms with van der Waals surface area (Å²) in [7, 11) is 1.55. The van der Waals surface area contributed by atoms with E-state index in [9.17, 15) is 27.9 Å². The van der Waals surface area contributed by atoms with Crippen LogP contribution < -0.4 is 15.4 Å². The zero-order chi connectivity index (χ0) is 24.5. The lowest BCUT2D eigenvalue weighted by Gasteiger charge is -2.42. The van der Waals surface area contributed by atoms with Gasteiger partial charge in [-0.25, -0.2) is 9.59 Å². The maximum Gasteiger partial charge on any atom is 0.573 e. The highest BCUT2D eigenvalue weighted by atomic mass is 19.4. The Bertz CT molecular complexity index is 1040. The number of amides is 4. The molecule has 1 saturated carbocycles. The predicted octanol–water partition coefficient (Wildman–Crippen LogP) is 2.76. The molecule has 2 aromatic rings. The van der Waals surface area contributed by atoms with Gasteiger partial charge in [0, 0.05) is 55.3 Å². The van der Waals surface area contributed by atoms with E-state index < -0.39 is 6.36 Å². The lowest BCUT2D eigenvalue weighted by molar-refractivity contribution is -0.274. The molecular weight excluding hydrogens is 455 g/mol. The number of piperidine rings is 1. The summed E-state index contributed by atoms with van der Waals surface area (Å²) in [6, 6.07) is 5.00. The summed E-state index contributed by atoms with van der Waals surface area (Å²) in [5, 5.41) is 15.7. The largest absolute Gasteiger partial charge is 0.573 e. The molecule has 2 aliphatic rings. The molecule has 0 radical (unpaired) electrons. The number of alkyl halides is 3. The second kappa shape index (κ2) is 9.61. The van der Waals surface area contributed by atoms with Gasteiger partial charge in [0.25, 0.3) is 0 Å². The van der Waals surface area contributed by atoms with Gasteiger partial charge < -0.3 is 35.3 Å². The Morgan fingerprint density at radius 2 is 2.00 bits per heavy atom. The molecule has 4 rings (SSSR count). The van der Waals surface area contributed by atoms with E-state index in [1.165, 1.54) is 18.2 Å². The Balaban J connectivity index is 1.43. The number of hydrogen-bond donors (Lipinski definition) is 4. The highest BCUT2D eigenvalue weighted by molar-refractivity contribution is 5.82. The Morgan fingerprint density at radius 3 is 2.65 bits per heavy atom. The average molecular weight is 483 g/mol. The molecule has 1 aliphatic carbocycles.